The Labute approximate surface area is 121 Å². The molecule has 2 amide bonds. The predicted octanol–water partition coefficient (Wildman–Crippen LogP) is 2.66. The van der Waals surface area contributed by atoms with Gasteiger partial charge in [-0.25, -0.2) is 4.79 Å². The van der Waals surface area contributed by atoms with Gasteiger partial charge < -0.3 is 14.9 Å². The van der Waals surface area contributed by atoms with Crippen LogP contribution in [0.2, 0.25) is 0 Å². The van der Waals surface area contributed by atoms with Crippen LogP contribution in [0.5, 0.6) is 0 Å². The van der Waals surface area contributed by atoms with Crippen LogP contribution in [0.1, 0.15) is 47.5 Å². The van der Waals surface area contributed by atoms with Crippen molar-refractivity contribution in [3.63, 3.8) is 0 Å². The molecule has 1 saturated heterocycles. The first-order valence-electron chi connectivity index (χ1n) is 7.56. The first-order valence-corrected chi connectivity index (χ1v) is 7.56. The fourth-order valence-corrected chi connectivity index (χ4v) is 2.91. The third-order valence-electron chi connectivity index (χ3n) is 4.52. The van der Waals surface area contributed by atoms with Gasteiger partial charge in [-0.3, -0.25) is 4.79 Å². The van der Waals surface area contributed by atoms with Crippen molar-refractivity contribution in [2.75, 3.05) is 13.1 Å². The summed E-state index contributed by atoms with van der Waals surface area (Å²) in [7, 11) is 0. The molecule has 1 fully saturated rings. The van der Waals surface area contributed by atoms with E-state index < -0.39 is 5.97 Å². The minimum Gasteiger partial charge on any atom is -0.480 e. The fourth-order valence-electron chi connectivity index (χ4n) is 2.91. The van der Waals surface area contributed by atoms with Crippen LogP contribution in [0.15, 0.2) is 0 Å². The predicted molar refractivity (Wildman–Crippen MR) is 78.6 cm³/mol. The number of hydrogen-bond donors (Lipinski definition) is 1. The molecule has 0 radical (unpaired) electrons. The normalized spacial score (nSPS) is 28.1. The van der Waals surface area contributed by atoms with Crippen LogP contribution in [-0.4, -0.2) is 52.1 Å². The average molecular weight is 284 g/mol. The molecule has 0 bridgehead atoms. The molecule has 4 atom stereocenters. The van der Waals surface area contributed by atoms with Gasteiger partial charge in [0.15, 0.2) is 0 Å². The van der Waals surface area contributed by atoms with Crippen molar-refractivity contribution in [3.8, 4) is 0 Å². The van der Waals surface area contributed by atoms with Gasteiger partial charge in [-0.2, -0.15) is 0 Å². The Morgan fingerprint density at radius 2 is 1.95 bits per heavy atom. The third-order valence-corrected chi connectivity index (χ3v) is 4.52. The molecule has 5 heteroatoms. The van der Waals surface area contributed by atoms with E-state index in [0.717, 1.165) is 19.4 Å². The van der Waals surface area contributed by atoms with Gasteiger partial charge >= 0.3 is 12.0 Å². The van der Waals surface area contributed by atoms with Crippen molar-refractivity contribution in [3.05, 3.63) is 0 Å². The summed E-state index contributed by atoms with van der Waals surface area (Å²) in [6.07, 6.45) is 1.87. The van der Waals surface area contributed by atoms with E-state index in [-0.39, 0.29) is 24.7 Å². The Balaban J connectivity index is 2.89. The number of carbonyl (C=O) groups is 2. The third kappa shape index (κ3) is 3.87. The molecule has 1 N–H and O–H groups in total. The van der Waals surface area contributed by atoms with Crippen LogP contribution < -0.4 is 0 Å². The Kier molecular flexibility index (Phi) is 5.84. The molecule has 1 aliphatic rings. The van der Waals surface area contributed by atoms with E-state index in [1.54, 1.807) is 0 Å². The minimum absolute atomic E-state index is 0.0571. The monoisotopic (exact) mass is 284 g/mol. The molecule has 116 valence electrons. The number of nitrogens with zero attached hydrogens (tertiary/aromatic N) is 2. The zero-order chi connectivity index (χ0) is 15.4. The summed E-state index contributed by atoms with van der Waals surface area (Å²) < 4.78 is 0. The van der Waals surface area contributed by atoms with Crippen molar-refractivity contribution < 1.29 is 14.7 Å². The van der Waals surface area contributed by atoms with Gasteiger partial charge in [-0.05, 0) is 38.5 Å². The Hall–Kier alpha value is -1.26. The molecular weight excluding hydrogens is 256 g/mol. The number of hydrogen-bond acceptors (Lipinski definition) is 2. The number of carboxylic acids is 1. The average Bonchev–Trinajstić information content (AvgIpc) is 2.38. The number of carbonyl (C=O) groups excluding carboxylic acids is 1. The Morgan fingerprint density at radius 1 is 1.35 bits per heavy atom. The molecule has 1 aliphatic heterocycles. The maximum Gasteiger partial charge on any atom is 0.323 e. The molecule has 0 aromatic heterocycles. The second-order valence-electron chi connectivity index (χ2n) is 6.27. The molecule has 0 aromatic rings. The van der Waals surface area contributed by atoms with Crippen LogP contribution in [0.3, 0.4) is 0 Å². The molecule has 0 aliphatic carbocycles. The first-order chi connectivity index (χ1) is 9.27. The second-order valence-corrected chi connectivity index (χ2v) is 6.27. The van der Waals surface area contributed by atoms with Crippen LogP contribution in [-0.2, 0) is 4.79 Å². The number of aliphatic carboxylic acids is 1. The summed E-state index contributed by atoms with van der Waals surface area (Å²) in [4.78, 5) is 27.1. The SMILES string of the molecule is CCC(C)N(CC(=O)O)C(=O)N1CC(C)CC(C)C1C. The Bertz CT molecular complexity index is 359. The summed E-state index contributed by atoms with van der Waals surface area (Å²) in [5.41, 5.74) is 0. The lowest BCUT2D eigenvalue weighted by Crippen LogP contribution is -2.56. The number of urea groups is 1. The number of amides is 2. The zero-order valence-corrected chi connectivity index (χ0v) is 13.3. The van der Waals surface area contributed by atoms with Crippen LogP contribution in [0, 0.1) is 11.8 Å². The van der Waals surface area contributed by atoms with Gasteiger partial charge in [0.1, 0.15) is 6.54 Å². The van der Waals surface area contributed by atoms with E-state index >= 15 is 0 Å². The lowest BCUT2D eigenvalue weighted by Gasteiger charge is -2.44. The van der Waals surface area contributed by atoms with Crippen molar-refractivity contribution in [2.24, 2.45) is 11.8 Å². The Morgan fingerprint density at radius 3 is 2.45 bits per heavy atom. The van der Waals surface area contributed by atoms with E-state index in [1.165, 1.54) is 4.90 Å². The second kappa shape index (κ2) is 6.95. The highest BCUT2D eigenvalue weighted by atomic mass is 16.4. The number of likely N-dealkylation sites (tertiary alicyclic amines) is 1. The van der Waals surface area contributed by atoms with Crippen molar-refractivity contribution in [1.82, 2.24) is 9.80 Å². The van der Waals surface area contributed by atoms with E-state index in [9.17, 15) is 9.59 Å². The van der Waals surface area contributed by atoms with E-state index in [1.807, 2.05) is 18.7 Å². The highest BCUT2D eigenvalue weighted by Gasteiger charge is 2.35. The molecular formula is C15H28N2O3. The molecule has 1 heterocycles. The quantitative estimate of drug-likeness (QED) is 0.863. The number of piperidine rings is 1. The molecule has 0 aromatic carbocycles. The summed E-state index contributed by atoms with van der Waals surface area (Å²) in [5.74, 6) is -0.0375. The van der Waals surface area contributed by atoms with Crippen molar-refractivity contribution in [2.45, 2.75) is 59.5 Å². The van der Waals surface area contributed by atoms with Gasteiger partial charge in [-0.15, -0.1) is 0 Å². The zero-order valence-electron chi connectivity index (χ0n) is 13.3. The molecule has 0 saturated carbocycles. The lowest BCUT2D eigenvalue weighted by atomic mass is 9.86. The standard InChI is InChI=1S/C15H28N2O3/c1-6-12(4)16(9-14(18)19)15(20)17-8-10(2)7-11(3)13(17)5/h10-13H,6-9H2,1-5H3,(H,18,19). The first kappa shape index (κ1) is 16.8. The van der Waals surface area contributed by atoms with E-state index in [4.69, 9.17) is 5.11 Å². The molecule has 0 spiro atoms. The van der Waals surface area contributed by atoms with E-state index in [0.29, 0.717) is 11.8 Å². The summed E-state index contributed by atoms with van der Waals surface area (Å²) in [5, 5.41) is 9.03. The topological polar surface area (TPSA) is 60.9 Å². The lowest BCUT2D eigenvalue weighted by molar-refractivity contribution is -0.138. The van der Waals surface area contributed by atoms with Crippen LogP contribution >= 0.6 is 0 Å². The van der Waals surface area contributed by atoms with Gasteiger partial charge in [0.25, 0.3) is 0 Å². The summed E-state index contributed by atoms with van der Waals surface area (Å²) in [6.45, 7) is 10.7. The molecule has 4 unspecified atom stereocenters. The smallest absolute Gasteiger partial charge is 0.323 e. The minimum atomic E-state index is -0.954. The summed E-state index contributed by atoms with van der Waals surface area (Å²) in [6, 6.07) is -0.0231. The number of rotatable bonds is 4. The van der Waals surface area contributed by atoms with Crippen LogP contribution in [0.4, 0.5) is 4.79 Å². The largest absolute Gasteiger partial charge is 0.480 e. The van der Waals surface area contributed by atoms with Gasteiger partial charge in [-0.1, -0.05) is 20.8 Å². The van der Waals surface area contributed by atoms with Gasteiger partial charge in [0.05, 0.1) is 0 Å². The molecule has 5 nitrogen and oxygen atoms in total. The van der Waals surface area contributed by atoms with E-state index in [2.05, 4.69) is 20.8 Å². The number of carboxylic acid groups (broad SMARTS) is 1. The molecule has 20 heavy (non-hydrogen) atoms. The highest BCUT2D eigenvalue weighted by molar-refractivity contribution is 5.80. The highest BCUT2D eigenvalue weighted by Crippen LogP contribution is 2.28. The maximum absolute atomic E-state index is 12.7. The maximum atomic E-state index is 12.7. The fraction of sp³-hybridized carbons (Fsp3) is 0.867. The molecule has 1 rings (SSSR count). The van der Waals surface area contributed by atoms with Crippen LogP contribution in [0.25, 0.3) is 0 Å². The van der Waals surface area contributed by atoms with Gasteiger partial charge in [0.2, 0.25) is 0 Å². The van der Waals surface area contributed by atoms with Crippen molar-refractivity contribution in [1.29, 1.82) is 0 Å². The van der Waals surface area contributed by atoms with Gasteiger partial charge in [0, 0.05) is 18.6 Å². The van der Waals surface area contributed by atoms with Crippen molar-refractivity contribution >= 4 is 12.0 Å². The summed E-state index contributed by atoms with van der Waals surface area (Å²) >= 11 is 0.